The van der Waals surface area contributed by atoms with Crippen molar-refractivity contribution in [1.82, 2.24) is 0 Å². The molecular formula is C7H8ClNS. The average Bonchev–Trinajstić information content (AvgIpc) is 1.88. The first-order valence-corrected chi connectivity index (χ1v) is 3.66. The van der Waals surface area contributed by atoms with Gasteiger partial charge in [0.25, 0.3) is 0 Å². The Morgan fingerprint density at radius 3 is 2.20 bits per heavy atom. The molecule has 0 spiro atoms. The normalized spacial score (nSPS) is 9.50. The smallest absolute Gasteiger partial charge is 0.0465 e. The van der Waals surface area contributed by atoms with Crippen LogP contribution in [0.15, 0.2) is 24.3 Å². The van der Waals surface area contributed by atoms with Gasteiger partial charge in [0.2, 0.25) is 0 Å². The molecule has 0 aliphatic rings. The lowest BCUT2D eigenvalue weighted by Crippen LogP contribution is -1.99. The van der Waals surface area contributed by atoms with Crippen LogP contribution in [0.25, 0.3) is 0 Å². The standard InChI is InChI=1S/C7H8ClNS/c1-9(10)7-4-2-6(8)3-5-7/h2-5,10H,1H3. The van der Waals surface area contributed by atoms with E-state index in [1.54, 1.807) is 4.31 Å². The summed E-state index contributed by atoms with van der Waals surface area (Å²) in [6, 6.07) is 7.50. The molecule has 10 heavy (non-hydrogen) atoms. The van der Waals surface area contributed by atoms with Crippen LogP contribution in [0.3, 0.4) is 0 Å². The molecule has 0 aromatic heterocycles. The lowest BCUT2D eigenvalue weighted by Gasteiger charge is -2.09. The van der Waals surface area contributed by atoms with Gasteiger partial charge in [-0.2, -0.15) is 0 Å². The zero-order chi connectivity index (χ0) is 7.56. The first kappa shape index (κ1) is 7.76. The minimum Gasteiger partial charge on any atom is -0.322 e. The molecule has 3 heteroatoms. The molecule has 1 nitrogen and oxygen atoms in total. The molecule has 0 saturated heterocycles. The summed E-state index contributed by atoms with van der Waals surface area (Å²) in [7, 11) is 1.87. The second-order valence-electron chi connectivity index (χ2n) is 2.00. The molecule has 0 aliphatic heterocycles. The van der Waals surface area contributed by atoms with Crippen molar-refractivity contribution in [2.24, 2.45) is 0 Å². The van der Waals surface area contributed by atoms with Crippen molar-refractivity contribution < 1.29 is 0 Å². The highest BCUT2D eigenvalue weighted by molar-refractivity contribution is 7.81. The number of benzene rings is 1. The van der Waals surface area contributed by atoms with Crippen molar-refractivity contribution in [3.05, 3.63) is 29.3 Å². The first-order chi connectivity index (χ1) is 4.70. The number of hydrogen-bond acceptors (Lipinski definition) is 2. The second kappa shape index (κ2) is 3.17. The summed E-state index contributed by atoms with van der Waals surface area (Å²) >= 11 is 9.78. The molecule has 1 aromatic carbocycles. The zero-order valence-corrected chi connectivity index (χ0v) is 7.23. The van der Waals surface area contributed by atoms with Crippen molar-refractivity contribution in [3.63, 3.8) is 0 Å². The minimum atomic E-state index is 0.749. The quantitative estimate of drug-likeness (QED) is 0.639. The summed E-state index contributed by atoms with van der Waals surface area (Å²) in [5.74, 6) is 0. The summed E-state index contributed by atoms with van der Waals surface area (Å²) in [6.45, 7) is 0. The van der Waals surface area contributed by atoms with Crippen LogP contribution < -0.4 is 4.31 Å². The zero-order valence-electron chi connectivity index (χ0n) is 5.58. The van der Waals surface area contributed by atoms with Gasteiger partial charge in [-0.15, -0.1) is 0 Å². The maximum Gasteiger partial charge on any atom is 0.0465 e. The lowest BCUT2D eigenvalue weighted by molar-refractivity contribution is 1.37. The molecular weight excluding hydrogens is 166 g/mol. The average molecular weight is 174 g/mol. The molecule has 0 bridgehead atoms. The van der Waals surface area contributed by atoms with E-state index in [4.69, 9.17) is 11.6 Å². The molecule has 0 unspecified atom stereocenters. The number of hydrogen-bond donors (Lipinski definition) is 1. The molecule has 1 aromatic rings. The summed E-state index contributed by atoms with van der Waals surface area (Å²) in [4.78, 5) is 0. The highest BCUT2D eigenvalue weighted by Crippen LogP contribution is 2.17. The molecule has 0 heterocycles. The lowest BCUT2D eigenvalue weighted by atomic mass is 10.3. The highest BCUT2D eigenvalue weighted by Gasteiger charge is 1.92. The third-order valence-corrected chi connectivity index (χ3v) is 1.68. The summed E-state index contributed by atoms with van der Waals surface area (Å²) < 4.78 is 1.73. The number of thiol groups is 1. The number of anilines is 1. The van der Waals surface area contributed by atoms with E-state index >= 15 is 0 Å². The Labute approximate surface area is 71.1 Å². The van der Waals surface area contributed by atoms with E-state index in [1.807, 2.05) is 31.3 Å². The van der Waals surface area contributed by atoms with E-state index in [1.165, 1.54) is 0 Å². The van der Waals surface area contributed by atoms with Crippen LogP contribution in [-0.4, -0.2) is 7.05 Å². The molecule has 0 amide bonds. The Morgan fingerprint density at radius 2 is 1.80 bits per heavy atom. The number of nitrogens with zero attached hydrogens (tertiary/aromatic N) is 1. The fourth-order valence-electron chi connectivity index (χ4n) is 0.657. The molecule has 0 fully saturated rings. The van der Waals surface area contributed by atoms with Gasteiger partial charge in [-0.25, -0.2) is 0 Å². The summed E-state index contributed by atoms with van der Waals surface area (Å²) in [5, 5.41) is 0.749. The Balaban J connectivity index is 2.89. The molecule has 0 radical (unpaired) electrons. The summed E-state index contributed by atoms with van der Waals surface area (Å²) in [6.07, 6.45) is 0. The van der Waals surface area contributed by atoms with E-state index in [-0.39, 0.29) is 0 Å². The van der Waals surface area contributed by atoms with Gasteiger partial charge in [-0.3, -0.25) is 0 Å². The van der Waals surface area contributed by atoms with E-state index in [0.29, 0.717) is 0 Å². The van der Waals surface area contributed by atoms with Crippen molar-refractivity contribution >= 4 is 30.1 Å². The van der Waals surface area contributed by atoms with Crippen molar-refractivity contribution in [2.45, 2.75) is 0 Å². The van der Waals surface area contributed by atoms with Crippen molar-refractivity contribution in [1.29, 1.82) is 0 Å². The summed E-state index contributed by atoms with van der Waals surface area (Å²) in [5.41, 5.74) is 1.03. The van der Waals surface area contributed by atoms with Gasteiger partial charge in [0.1, 0.15) is 0 Å². The maximum absolute atomic E-state index is 5.67. The first-order valence-electron chi connectivity index (χ1n) is 2.88. The van der Waals surface area contributed by atoms with Gasteiger partial charge in [-0.1, -0.05) is 24.4 Å². The largest absolute Gasteiger partial charge is 0.322 e. The van der Waals surface area contributed by atoms with Crippen LogP contribution >= 0.6 is 24.4 Å². The Hall–Kier alpha value is -0.340. The Morgan fingerprint density at radius 1 is 1.30 bits per heavy atom. The van der Waals surface area contributed by atoms with Crippen LogP contribution in [0, 0.1) is 0 Å². The van der Waals surface area contributed by atoms with Crippen LogP contribution in [0.1, 0.15) is 0 Å². The highest BCUT2D eigenvalue weighted by atomic mass is 35.5. The van der Waals surface area contributed by atoms with E-state index in [2.05, 4.69) is 12.8 Å². The fourth-order valence-corrected chi connectivity index (χ4v) is 0.916. The fraction of sp³-hybridized carbons (Fsp3) is 0.143. The Kier molecular flexibility index (Phi) is 2.46. The molecule has 54 valence electrons. The van der Waals surface area contributed by atoms with E-state index in [0.717, 1.165) is 10.7 Å². The van der Waals surface area contributed by atoms with Crippen LogP contribution in [-0.2, 0) is 0 Å². The Bertz CT molecular complexity index is 207. The van der Waals surface area contributed by atoms with Gasteiger partial charge in [0, 0.05) is 17.8 Å². The van der Waals surface area contributed by atoms with Crippen LogP contribution in [0.5, 0.6) is 0 Å². The van der Waals surface area contributed by atoms with Crippen molar-refractivity contribution in [2.75, 3.05) is 11.4 Å². The van der Waals surface area contributed by atoms with Crippen LogP contribution in [0.4, 0.5) is 5.69 Å². The molecule has 1 rings (SSSR count). The predicted molar refractivity (Wildman–Crippen MR) is 48.8 cm³/mol. The van der Waals surface area contributed by atoms with Gasteiger partial charge in [-0.05, 0) is 24.3 Å². The van der Waals surface area contributed by atoms with Gasteiger partial charge in [0.05, 0.1) is 0 Å². The molecule has 0 saturated carbocycles. The van der Waals surface area contributed by atoms with E-state index < -0.39 is 0 Å². The van der Waals surface area contributed by atoms with Gasteiger partial charge < -0.3 is 4.31 Å². The maximum atomic E-state index is 5.67. The van der Waals surface area contributed by atoms with Crippen molar-refractivity contribution in [3.8, 4) is 0 Å². The number of rotatable bonds is 1. The molecule has 0 aliphatic carbocycles. The van der Waals surface area contributed by atoms with Crippen LogP contribution in [0.2, 0.25) is 5.02 Å². The van der Waals surface area contributed by atoms with E-state index in [9.17, 15) is 0 Å². The SMILES string of the molecule is CN(S)c1ccc(Cl)cc1. The van der Waals surface area contributed by atoms with Gasteiger partial charge in [0.15, 0.2) is 0 Å². The monoisotopic (exact) mass is 173 g/mol. The second-order valence-corrected chi connectivity index (χ2v) is 3.04. The topological polar surface area (TPSA) is 3.24 Å². The molecule has 0 N–H and O–H groups in total. The molecule has 0 atom stereocenters. The minimum absolute atomic E-state index is 0.749. The predicted octanol–water partition coefficient (Wildman–Crippen LogP) is 2.62. The third kappa shape index (κ3) is 1.82. The number of halogens is 1. The third-order valence-electron chi connectivity index (χ3n) is 1.20. The van der Waals surface area contributed by atoms with Gasteiger partial charge >= 0.3 is 0 Å².